The van der Waals surface area contributed by atoms with Crippen molar-refractivity contribution in [3.8, 4) is 11.8 Å². The first-order valence-electron chi connectivity index (χ1n) is 3.64. The number of carboxylic acids is 1. The number of carbonyl (C=O) groups is 2. The van der Waals surface area contributed by atoms with Gasteiger partial charge in [0.05, 0.1) is 0 Å². The van der Waals surface area contributed by atoms with E-state index in [9.17, 15) is 9.59 Å². The number of benzene rings is 1. The van der Waals surface area contributed by atoms with Gasteiger partial charge in [0, 0.05) is 16.0 Å². The van der Waals surface area contributed by atoms with Crippen molar-refractivity contribution in [1.82, 2.24) is 0 Å². The lowest BCUT2D eigenvalue weighted by Crippen LogP contribution is -1.96. The summed E-state index contributed by atoms with van der Waals surface area (Å²) in [5.74, 6) is 1.96. The monoisotopic (exact) mass is 252 g/mol. The Kier molecular flexibility index (Phi) is 3.43. The van der Waals surface area contributed by atoms with Crippen LogP contribution in [0.15, 0.2) is 28.7 Å². The third kappa shape index (κ3) is 3.04. The van der Waals surface area contributed by atoms with Gasteiger partial charge < -0.3 is 5.11 Å². The van der Waals surface area contributed by atoms with Crippen LogP contribution in [0.4, 0.5) is 0 Å². The average Bonchev–Trinajstić information content (AvgIpc) is 2.14. The van der Waals surface area contributed by atoms with Gasteiger partial charge in [0.25, 0.3) is 0 Å². The summed E-state index contributed by atoms with van der Waals surface area (Å²) in [4.78, 5) is 21.3. The first kappa shape index (κ1) is 10.5. The molecule has 0 amide bonds. The third-order valence-corrected chi connectivity index (χ3v) is 1.86. The number of hydrogen-bond acceptors (Lipinski definition) is 2. The Bertz CT molecular complexity index is 440. The molecule has 0 bridgehead atoms. The number of halogens is 1. The molecule has 1 aromatic carbocycles. The van der Waals surface area contributed by atoms with Crippen LogP contribution in [-0.2, 0) is 4.79 Å². The van der Waals surface area contributed by atoms with Crippen molar-refractivity contribution in [3.05, 3.63) is 34.3 Å². The third-order valence-electron chi connectivity index (χ3n) is 1.37. The fourth-order valence-corrected chi connectivity index (χ4v) is 1.21. The van der Waals surface area contributed by atoms with Crippen molar-refractivity contribution in [1.29, 1.82) is 0 Å². The van der Waals surface area contributed by atoms with E-state index in [0.29, 0.717) is 5.56 Å². The topological polar surface area (TPSA) is 54.4 Å². The van der Waals surface area contributed by atoms with E-state index in [2.05, 4.69) is 15.9 Å². The van der Waals surface area contributed by atoms with Gasteiger partial charge in [-0.25, -0.2) is 4.79 Å². The fourth-order valence-electron chi connectivity index (χ4n) is 0.812. The Hall–Kier alpha value is -1.60. The highest BCUT2D eigenvalue weighted by atomic mass is 79.9. The van der Waals surface area contributed by atoms with Crippen LogP contribution in [0.25, 0.3) is 0 Å². The maximum atomic E-state index is 11.2. The minimum Gasteiger partial charge on any atom is -0.472 e. The van der Waals surface area contributed by atoms with Crippen LogP contribution in [0.2, 0.25) is 0 Å². The molecular formula is C10H5BrO3. The molecular weight excluding hydrogens is 248 g/mol. The van der Waals surface area contributed by atoms with Crippen LogP contribution < -0.4 is 0 Å². The zero-order chi connectivity index (χ0) is 10.6. The highest BCUT2D eigenvalue weighted by Gasteiger charge is 2.01. The first-order chi connectivity index (χ1) is 6.59. The summed E-state index contributed by atoms with van der Waals surface area (Å²) in [5.41, 5.74) is 0.369. The summed E-state index contributed by atoms with van der Waals surface area (Å²) >= 11 is 3.19. The number of ketones is 1. The Morgan fingerprint density at radius 2 is 2.00 bits per heavy atom. The fraction of sp³-hybridized carbons (Fsp3) is 0. The Labute approximate surface area is 88.9 Å². The summed E-state index contributed by atoms with van der Waals surface area (Å²) < 4.78 is 0.750. The highest BCUT2D eigenvalue weighted by Crippen LogP contribution is 2.11. The molecule has 0 saturated carbocycles. The Morgan fingerprint density at radius 1 is 1.29 bits per heavy atom. The van der Waals surface area contributed by atoms with Gasteiger partial charge >= 0.3 is 5.97 Å². The lowest BCUT2D eigenvalue weighted by Gasteiger charge is -1.93. The standard InChI is InChI=1S/C10H5BrO3/c11-8-3-1-2-7(6-8)9(12)4-5-10(13)14/h1-3,6H,(H,13,14). The summed E-state index contributed by atoms with van der Waals surface area (Å²) in [6.07, 6.45) is 0. The largest absolute Gasteiger partial charge is 0.472 e. The number of hydrogen-bond donors (Lipinski definition) is 1. The zero-order valence-electron chi connectivity index (χ0n) is 6.95. The number of carboxylic acid groups (broad SMARTS) is 1. The predicted octanol–water partition coefficient (Wildman–Crippen LogP) is 1.72. The molecule has 0 aliphatic heterocycles. The second-order valence-corrected chi connectivity index (χ2v) is 3.31. The smallest absolute Gasteiger partial charge is 0.382 e. The van der Waals surface area contributed by atoms with E-state index in [0.717, 1.165) is 4.47 Å². The van der Waals surface area contributed by atoms with Gasteiger partial charge in [-0.05, 0) is 18.1 Å². The number of aliphatic carboxylic acids is 1. The van der Waals surface area contributed by atoms with Gasteiger partial charge in [-0.15, -0.1) is 0 Å². The summed E-state index contributed by atoms with van der Waals surface area (Å²) in [6.45, 7) is 0. The van der Waals surface area contributed by atoms with Crippen LogP contribution in [0.1, 0.15) is 10.4 Å². The van der Waals surface area contributed by atoms with Crippen molar-refractivity contribution in [2.45, 2.75) is 0 Å². The summed E-state index contributed by atoms with van der Waals surface area (Å²) in [6, 6.07) is 6.60. The van der Waals surface area contributed by atoms with Crippen molar-refractivity contribution in [2.24, 2.45) is 0 Å². The first-order valence-corrected chi connectivity index (χ1v) is 4.44. The molecule has 0 radical (unpaired) electrons. The van der Waals surface area contributed by atoms with Crippen molar-refractivity contribution >= 4 is 27.7 Å². The van der Waals surface area contributed by atoms with Gasteiger partial charge in [0.2, 0.25) is 5.78 Å². The quantitative estimate of drug-likeness (QED) is 0.471. The molecule has 1 rings (SSSR count). The van der Waals surface area contributed by atoms with Crippen LogP contribution in [0.5, 0.6) is 0 Å². The summed E-state index contributed by atoms with van der Waals surface area (Å²) in [7, 11) is 0. The molecule has 0 unspecified atom stereocenters. The van der Waals surface area contributed by atoms with Gasteiger partial charge in [-0.2, -0.15) is 0 Å². The lowest BCUT2D eigenvalue weighted by atomic mass is 10.1. The molecule has 0 heterocycles. The second-order valence-electron chi connectivity index (χ2n) is 2.39. The number of carbonyl (C=O) groups excluding carboxylic acids is 1. The molecule has 4 heteroatoms. The van der Waals surface area contributed by atoms with Gasteiger partial charge in [-0.3, -0.25) is 4.79 Å². The highest BCUT2D eigenvalue weighted by molar-refractivity contribution is 9.10. The SMILES string of the molecule is O=C(O)C#CC(=O)c1cccc(Br)c1. The van der Waals surface area contributed by atoms with Crippen LogP contribution in [0.3, 0.4) is 0 Å². The molecule has 0 spiro atoms. The molecule has 70 valence electrons. The second kappa shape index (κ2) is 4.58. The molecule has 14 heavy (non-hydrogen) atoms. The molecule has 0 aromatic heterocycles. The average molecular weight is 253 g/mol. The molecule has 1 N–H and O–H groups in total. The minimum absolute atomic E-state index is 0.369. The van der Waals surface area contributed by atoms with E-state index < -0.39 is 11.8 Å². The molecule has 0 aliphatic carbocycles. The number of Topliss-reactive ketones (excluding diaryl/α,β-unsaturated/α-hetero) is 1. The van der Waals surface area contributed by atoms with E-state index in [-0.39, 0.29) is 0 Å². The predicted molar refractivity (Wildman–Crippen MR) is 53.9 cm³/mol. The molecule has 0 atom stereocenters. The van der Waals surface area contributed by atoms with Gasteiger partial charge in [0.1, 0.15) is 0 Å². The molecule has 1 aromatic rings. The van der Waals surface area contributed by atoms with Crippen LogP contribution in [-0.4, -0.2) is 16.9 Å². The molecule has 0 aliphatic rings. The minimum atomic E-state index is -1.31. The number of rotatable bonds is 1. The van der Waals surface area contributed by atoms with E-state index in [4.69, 9.17) is 5.11 Å². The maximum absolute atomic E-state index is 11.2. The van der Waals surface area contributed by atoms with Gasteiger partial charge in [0.15, 0.2) is 0 Å². The van der Waals surface area contributed by atoms with E-state index in [1.54, 1.807) is 30.2 Å². The Balaban J connectivity index is 2.92. The Morgan fingerprint density at radius 3 is 2.57 bits per heavy atom. The van der Waals surface area contributed by atoms with Crippen LogP contribution >= 0.6 is 15.9 Å². The van der Waals surface area contributed by atoms with Crippen molar-refractivity contribution in [2.75, 3.05) is 0 Å². The van der Waals surface area contributed by atoms with Gasteiger partial charge in [-0.1, -0.05) is 28.1 Å². The van der Waals surface area contributed by atoms with E-state index in [1.807, 2.05) is 5.92 Å². The molecule has 0 fully saturated rings. The van der Waals surface area contributed by atoms with E-state index >= 15 is 0 Å². The lowest BCUT2D eigenvalue weighted by molar-refractivity contribution is -0.130. The zero-order valence-corrected chi connectivity index (χ0v) is 8.54. The molecule has 3 nitrogen and oxygen atoms in total. The van der Waals surface area contributed by atoms with Crippen molar-refractivity contribution in [3.63, 3.8) is 0 Å². The normalized spacial score (nSPS) is 8.64. The maximum Gasteiger partial charge on any atom is 0.382 e. The van der Waals surface area contributed by atoms with Crippen molar-refractivity contribution < 1.29 is 14.7 Å². The van der Waals surface area contributed by atoms with E-state index in [1.165, 1.54) is 0 Å². The summed E-state index contributed by atoms with van der Waals surface area (Å²) in [5, 5.41) is 8.23. The molecule has 0 saturated heterocycles. The van der Waals surface area contributed by atoms with Crippen LogP contribution in [0, 0.1) is 11.8 Å².